The zero-order valence-electron chi connectivity index (χ0n) is 19.4. The number of benzene rings is 1. The van der Waals surface area contributed by atoms with Crippen LogP contribution in [0.25, 0.3) is 11.1 Å². The van der Waals surface area contributed by atoms with Crippen LogP contribution in [-0.2, 0) is 14.3 Å². The lowest BCUT2D eigenvalue weighted by Gasteiger charge is -2.42. The minimum atomic E-state index is -1.26. The Morgan fingerprint density at radius 2 is 2.09 bits per heavy atom. The summed E-state index contributed by atoms with van der Waals surface area (Å²) in [6.07, 6.45) is 3.48. The zero-order valence-corrected chi connectivity index (χ0v) is 19.4. The van der Waals surface area contributed by atoms with Crippen molar-refractivity contribution in [3.63, 3.8) is 0 Å². The number of carbonyl (C=O) groups is 3. The van der Waals surface area contributed by atoms with Crippen molar-refractivity contribution in [3.05, 3.63) is 36.4 Å². The summed E-state index contributed by atoms with van der Waals surface area (Å²) in [6.45, 7) is 5.17. The predicted octanol–water partition coefficient (Wildman–Crippen LogP) is 1.50. The van der Waals surface area contributed by atoms with E-state index in [9.17, 15) is 18.8 Å². The van der Waals surface area contributed by atoms with E-state index < -0.39 is 23.4 Å². The third-order valence-electron chi connectivity index (χ3n) is 6.47. The topological polar surface area (TPSA) is 120 Å². The number of urea groups is 1. The Bertz CT molecular complexity index is 1080. The normalized spacial score (nSPS) is 23.6. The molecule has 2 fully saturated rings. The van der Waals surface area contributed by atoms with E-state index in [2.05, 4.69) is 25.7 Å². The molecule has 4 rings (SSSR count). The molecule has 11 heteroatoms. The number of ether oxygens (including phenoxy) is 1. The molecule has 1 aromatic carbocycles. The second-order valence-electron chi connectivity index (χ2n) is 9.04. The van der Waals surface area contributed by atoms with Crippen molar-refractivity contribution in [2.24, 2.45) is 5.92 Å². The molecule has 2 unspecified atom stereocenters. The summed E-state index contributed by atoms with van der Waals surface area (Å²) >= 11 is 0. The smallest absolute Gasteiger partial charge is 0.322 e. The molecule has 0 radical (unpaired) electrons. The Kier molecular flexibility index (Phi) is 6.56. The molecule has 0 aliphatic carbocycles. The van der Waals surface area contributed by atoms with Gasteiger partial charge in [-0.25, -0.2) is 9.18 Å². The van der Waals surface area contributed by atoms with Crippen LogP contribution < -0.4 is 15.5 Å². The van der Waals surface area contributed by atoms with Gasteiger partial charge in [0.2, 0.25) is 5.91 Å². The average Bonchev–Trinajstić information content (AvgIpc) is 3.41. The van der Waals surface area contributed by atoms with Gasteiger partial charge in [0.05, 0.1) is 12.8 Å². The predicted molar refractivity (Wildman–Crippen MR) is 122 cm³/mol. The maximum absolute atomic E-state index is 14.4. The number of hydrogen-bond acceptors (Lipinski definition) is 6. The number of nitrogens with zero attached hydrogens (tertiary/aromatic N) is 3. The highest BCUT2D eigenvalue weighted by atomic mass is 19.1. The van der Waals surface area contributed by atoms with Gasteiger partial charge in [-0.1, -0.05) is 6.92 Å². The molecular formula is C23H29FN6O4. The van der Waals surface area contributed by atoms with E-state index in [1.165, 1.54) is 19.2 Å². The summed E-state index contributed by atoms with van der Waals surface area (Å²) in [4.78, 5) is 41.2. The maximum atomic E-state index is 14.4. The standard InChI is InChI=1S/C23H29FN6O4/c1-14(9-23(13-34-3)21(32)27-22(33)28-23)20(31)29-4-5-30(15(2)12-29)19-7-16(6-18(24)8-19)17-10-25-26-11-17/h6-8,10-11,14-15H,4-5,9,12-13H2,1-3H3,(H,25,26)(H2,27,28,32,33)/t14?,15-,23?/m0/s1. The number of rotatable bonds is 7. The van der Waals surface area contributed by atoms with Crippen LogP contribution in [0.1, 0.15) is 20.3 Å². The van der Waals surface area contributed by atoms with Crippen molar-refractivity contribution in [2.75, 3.05) is 38.3 Å². The minimum absolute atomic E-state index is 0.0229. The van der Waals surface area contributed by atoms with Crippen LogP contribution in [0.15, 0.2) is 30.6 Å². The number of imide groups is 1. The van der Waals surface area contributed by atoms with E-state index in [4.69, 9.17) is 4.74 Å². The van der Waals surface area contributed by atoms with Gasteiger partial charge in [-0.2, -0.15) is 5.10 Å². The molecule has 2 saturated heterocycles. The molecule has 34 heavy (non-hydrogen) atoms. The van der Waals surface area contributed by atoms with E-state index in [0.29, 0.717) is 19.6 Å². The zero-order chi connectivity index (χ0) is 24.5. The molecule has 10 nitrogen and oxygen atoms in total. The van der Waals surface area contributed by atoms with Crippen LogP contribution in [-0.4, -0.2) is 77.9 Å². The van der Waals surface area contributed by atoms with Crippen molar-refractivity contribution >= 4 is 23.5 Å². The van der Waals surface area contributed by atoms with Gasteiger partial charge in [0.1, 0.15) is 11.4 Å². The fourth-order valence-corrected chi connectivity index (χ4v) is 4.86. The SMILES string of the molecule is COCC1(CC(C)C(=O)N2CCN(c3cc(F)cc(-c4cn[nH]c4)c3)[C@@H](C)C2)NC(=O)NC1=O. The Hall–Kier alpha value is -3.47. The number of H-pyrrole nitrogens is 1. The molecule has 0 saturated carbocycles. The molecule has 2 aromatic rings. The van der Waals surface area contributed by atoms with E-state index in [0.717, 1.165) is 16.8 Å². The Labute approximate surface area is 196 Å². The van der Waals surface area contributed by atoms with Crippen LogP contribution in [0, 0.1) is 11.7 Å². The summed E-state index contributed by atoms with van der Waals surface area (Å²) in [5.41, 5.74) is 1.00. The fourth-order valence-electron chi connectivity index (χ4n) is 4.86. The third-order valence-corrected chi connectivity index (χ3v) is 6.47. The van der Waals surface area contributed by atoms with Gasteiger partial charge in [0.25, 0.3) is 5.91 Å². The molecule has 2 aliphatic heterocycles. The van der Waals surface area contributed by atoms with Crippen LogP contribution >= 0.6 is 0 Å². The first-order valence-corrected chi connectivity index (χ1v) is 11.2. The van der Waals surface area contributed by atoms with E-state index in [1.54, 1.807) is 24.2 Å². The second kappa shape index (κ2) is 9.41. The Morgan fingerprint density at radius 1 is 1.29 bits per heavy atom. The minimum Gasteiger partial charge on any atom is -0.382 e. The number of amides is 4. The highest BCUT2D eigenvalue weighted by Gasteiger charge is 2.48. The van der Waals surface area contributed by atoms with Crippen LogP contribution in [0.5, 0.6) is 0 Å². The summed E-state index contributed by atoms with van der Waals surface area (Å²) in [5.74, 6) is -1.45. The number of hydrogen-bond donors (Lipinski definition) is 3. The van der Waals surface area contributed by atoms with Crippen LogP contribution in [0.2, 0.25) is 0 Å². The third kappa shape index (κ3) is 4.60. The fraction of sp³-hybridized carbons (Fsp3) is 0.478. The largest absolute Gasteiger partial charge is 0.382 e. The first-order chi connectivity index (χ1) is 16.2. The summed E-state index contributed by atoms with van der Waals surface area (Å²) in [6, 6.07) is 4.24. The number of aromatic amines is 1. The van der Waals surface area contributed by atoms with Gasteiger partial charge < -0.3 is 19.9 Å². The highest BCUT2D eigenvalue weighted by Crippen LogP contribution is 2.29. The molecular weight excluding hydrogens is 443 g/mol. The van der Waals surface area contributed by atoms with Crippen molar-refractivity contribution in [1.82, 2.24) is 25.7 Å². The van der Waals surface area contributed by atoms with Crippen molar-refractivity contribution < 1.29 is 23.5 Å². The van der Waals surface area contributed by atoms with Gasteiger partial charge in [-0.15, -0.1) is 0 Å². The number of carbonyl (C=O) groups excluding carboxylic acids is 3. The number of piperazine rings is 1. The first-order valence-electron chi connectivity index (χ1n) is 11.2. The molecule has 3 heterocycles. The number of aromatic nitrogens is 2. The van der Waals surface area contributed by atoms with Gasteiger partial charge in [0.15, 0.2) is 0 Å². The monoisotopic (exact) mass is 472 g/mol. The molecule has 182 valence electrons. The molecule has 4 amide bonds. The summed E-state index contributed by atoms with van der Waals surface area (Å²) in [7, 11) is 1.44. The van der Waals surface area contributed by atoms with Crippen LogP contribution in [0.4, 0.5) is 14.9 Å². The van der Waals surface area contributed by atoms with Gasteiger partial charge >= 0.3 is 6.03 Å². The van der Waals surface area contributed by atoms with Crippen molar-refractivity contribution in [1.29, 1.82) is 0 Å². The van der Waals surface area contributed by atoms with Crippen molar-refractivity contribution in [3.8, 4) is 11.1 Å². The molecule has 0 spiro atoms. The van der Waals surface area contributed by atoms with E-state index in [1.807, 2.05) is 13.0 Å². The number of anilines is 1. The highest BCUT2D eigenvalue weighted by molar-refractivity contribution is 6.07. The van der Waals surface area contributed by atoms with Gasteiger partial charge in [-0.05, 0) is 37.1 Å². The number of nitrogens with one attached hydrogen (secondary N) is 3. The van der Waals surface area contributed by atoms with E-state index in [-0.39, 0.29) is 30.8 Å². The van der Waals surface area contributed by atoms with Gasteiger partial charge in [0, 0.05) is 56.2 Å². The molecule has 0 bridgehead atoms. The first kappa shape index (κ1) is 23.7. The van der Waals surface area contributed by atoms with E-state index >= 15 is 0 Å². The molecule has 2 aliphatic rings. The van der Waals surface area contributed by atoms with Crippen molar-refractivity contribution in [2.45, 2.75) is 31.8 Å². The lowest BCUT2D eigenvalue weighted by Crippen LogP contribution is -2.57. The van der Waals surface area contributed by atoms with Gasteiger partial charge in [-0.3, -0.25) is 20.0 Å². The Balaban J connectivity index is 1.44. The quantitative estimate of drug-likeness (QED) is 0.526. The molecule has 3 N–H and O–H groups in total. The molecule has 3 atom stereocenters. The Morgan fingerprint density at radius 3 is 2.71 bits per heavy atom. The number of methoxy groups -OCH3 is 1. The molecule has 1 aromatic heterocycles. The lowest BCUT2D eigenvalue weighted by molar-refractivity contribution is -0.137. The number of halogens is 1. The summed E-state index contributed by atoms with van der Waals surface area (Å²) in [5, 5.41) is 11.5. The maximum Gasteiger partial charge on any atom is 0.322 e. The second-order valence-corrected chi connectivity index (χ2v) is 9.04. The van der Waals surface area contributed by atoms with Crippen LogP contribution in [0.3, 0.4) is 0 Å². The lowest BCUT2D eigenvalue weighted by atomic mass is 9.87. The summed E-state index contributed by atoms with van der Waals surface area (Å²) < 4.78 is 19.5. The average molecular weight is 473 g/mol.